The second kappa shape index (κ2) is 8.48. The Balaban J connectivity index is 0.000000276. The van der Waals surface area contributed by atoms with Crippen LogP contribution in [-0.4, -0.2) is 38.2 Å². The smallest absolute Gasteiger partial charge is 0.413 e. The highest BCUT2D eigenvalue weighted by atomic mass is 32.1. The molecule has 20 heavy (non-hydrogen) atoms. The highest BCUT2D eigenvalue weighted by Gasteiger charge is 2.04. The third-order valence-corrected chi connectivity index (χ3v) is 1.97. The molecule has 6 N–H and O–H groups in total. The fraction of sp³-hybridized carbons (Fsp3) is 0.200. The molecule has 0 radical (unpaired) electrons. The van der Waals surface area contributed by atoms with E-state index < -0.39 is 6.09 Å². The molecule has 0 bridgehead atoms. The first-order valence-electron chi connectivity index (χ1n) is 5.60. The first-order valence-corrected chi connectivity index (χ1v) is 6.01. The van der Waals surface area contributed by atoms with Gasteiger partial charge in [-0.3, -0.25) is 15.5 Å². The molecule has 0 aromatic carbocycles. The molecule has 0 atom stereocenters. The van der Waals surface area contributed by atoms with Crippen molar-refractivity contribution in [3.63, 3.8) is 0 Å². The number of ether oxygens (including phenoxy) is 1. The standard InChI is InChI=1S/C7H10N4O2S.C3H5N3/c1-2-13-7(12)10-6(14)9-5-3-4-8-11-5;4-3-1-2-5-6-3/h3-4H,2H2,1H3,(H3,8,9,10,11,12,14);1-2H,(H3,4,5,6). The van der Waals surface area contributed by atoms with Crippen LogP contribution in [0.5, 0.6) is 0 Å². The van der Waals surface area contributed by atoms with Gasteiger partial charge in [0.05, 0.1) is 19.0 Å². The summed E-state index contributed by atoms with van der Waals surface area (Å²) in [6.45, 7) is 2.02. The van der Waals surface area contributed by atoms with Crippen LogP contribution in [0.3, 0.4) is 0 Å². The lowest BCUT2D eigenvalue weighted by molar-refractivity contribution is 0.158. The van der Waals surface area contributed by atoms with Crippen LogP contribution >= 0.6 is 12.2 Å². The number of nitrogens with two attached hydrogens (primary N) is 1. The van der Waals surface area contributed by atoms with Gasteiger partial charge in [-0.05, 0) is 25.2 Å². The second-order valence-corrected chi connectivity index (χ2v) is 3.69. The molecule has 1 amide bonds. The average Bonchev–Trinajstić information content (AvgIpc) is 3.03. The quantitative estimate of drug-likeness (QED) is 0.519. The number of thiocarbonyl (C=S) groups is 1. The molecule has 2 aromatic heterocycles. The number of anilines is 2. The maximum Gasteiger partial charge on any atom is 0.413 e. The van der Waals surface area contributed by atoms with Crippen molar-refractivity contribution in [1.82, 2.24) is 25.7 Å². The topological polar surface area (TPSA) is 134 Å². The zero-order valence-electron chi connectivity index (χ0n) is 10.7. The molecular formula is C10H15N7O2S. The molecule has 0 aliphatic heterocycles. The summed E-state index contributed by atoms with van der Waals surface area (Å²) >= 11 is 4.82. The van der Waals surface area contributed by atoms with E-state index in [0.717, 1.165) is 0 Å². The van der Waals surface area contributed by atoms with Crippen molar-refractivity contribution in [3.05, 3.63) is 24.5 Å². The molecule has 0 aliphatic carbocycles. The number of carbonyl (C=O) groups is 1. The van der Waals surface area contributed by atoms with Gasteiger partial charge in [0.1, 0.15) is 11.6 Å². The Hall–Kier alpha value is -2.62. The number of aromatic amines is 2. The lowest BCUT2D eigenvalue weighted by Gasteiger charge is -2.06. The third-order valence-electron chi connectivity index (χ3n) is 1.76. The normalized spacial score (nSPS) is 9.05. The molecule has 2 aromatic rings. The first-order chi connectivity index (χ1) is 9.61. The van der Waals surface area contributed by atoms with E-state index in [-0.39, 0.29) is 5.11 Å². The maximum absolute atomic E-state index is 10.9. The number of nitrogen functional groups attached to an aromatic ring is 1. The van der Waals surface area contributed by atoms with Gasteiger partial charge in [0, 0.05) is 6.07 Å². The fourth-order valence-electron chi connectivity index (χ4n) is 1.01. The number of rotatable bonds is 2. The van der Waals surface area contributed by atoms with Gasteiger partial charge >= 0.3 is 6.09 Å². The first kappa shape index (κ1) is 15.4. The van der Waals surface area contributed by atoms with Gasteiger partial charge in [0.2, 0.25) is 0 Å². The minimum Gasteiger partial charge on any atom is -0.450 e. The minimum absolute atomic E-state index is 0.160. The Morgan fingerprint density at radius 3 is 2.55 bits per heavy atom. The van der Waals surface area contributed by atoms with Gasteiger partial charge in [-0.25, -0.2) is 4.79 Å². The second-order valence-electron chi connectivity index (χ2n) is 3.28. The van der Waals surface area contributed by atoms with E-state index in [4.69, 9.17) is 18.0 Å². The zero-order valence-corrected chi connectivity index (χ0v) is 11.5. The molecule has 10 heteroatoms. The van der Waals surface area contributed by atoms with Crippen molar-refractivity contribution in [2.45, 2.75) is 6.92 Å². The lowest BCUT2D eigenvalue weighted by atomic mass is 10.6. The average molecular weight is 297 g/mol. The molecule has 0 spiro atoms. The number of hydrogen-bond donors (Lipinski definition) is 5. The monoisotopic (exact) mass is 297 g/mol. The summed E-state index contributed by atoms with van der Waals surface area (Å²) in [5, 5.41) is 17.6. The zero-order chi connectivity index (χ0) is 14.8. The van der Waals surface area contributed by atoms with Gasteiger partial charge < -0.3 is 15.8 Å². The summed E-state index contributed by atoms with van der Waals surface area (Å²) in [5.74, 6) is 1.21. The maximum atomic E-state index is 10.9. The van der Waals surface area contributed by atoms with Crippen LogP contribution in [-0.2, 0) is 4.74 Å². The van der Waals surface area contributed by atoms with Crippen LogP contribution in [0.25, 0.3) is 0 Å². The van der Waals surface area contributed by atoms with E-state index in [0.29, 0.717) is 18.2 Å². The lowest BCUT2D eigenvalue weighted by Crippen LogP contribution is -2.34. The molecule has 2 heterocycles. The van der Waals surface area contributed by atoms with Crippen LogP contribution in [0.15, 0.2) is 24.5 Å². The minimum atomic E-state index is -0.579. The Kier molecular flexibility index (Phi) is 6.54. The van der Waals surface area contributed by atoms with E-state index in [2.05, 4.69) is 35.8 Å². The van der Waals surface area contributed by atoms with E-state index in [1.165, 1.54) is 0 Å². The van der Waals surface area contributed by atoms with Crippen molar-refractivity contribution < 1.29 is 9.53 Å². The number of nitrogens with one attached hydrogen (secondary N) is 4. The molecule has 108 valence electrons. The predicted octanol–water partition coefficient (Wildman–Crippen LogP) is 0.844. The highest BCUT2D eigenvalue weighted by Crippen LogP contribution is 1.97. The van der Waals surface area contributed by atoms with Gasteiger partial charge in [-0.1, -0.05) is 0 Å². The third kappa shape index (κ3) is 6.35. The fourth-order valence-corrected chi connectivity index (χ4v) is 1.20. The van der Waals surface area contributed by atoms with Crippen LogP contribution in [0.2, 0.25) is 0 Å². The Morgan fingerprint density at radius 1 is 1.40 bits per heavy atom. The summed E-state index contributed by atoms with van der Waals surface area (Å²) in [6.07, 6.45) is 2.59. The van der Waals surface area contributed by atoms with Crippen LogP contribution in [0.4, 0.5) is 16.4 Å². The number of aromatic nitrogens is 4. The number of H-pyrrole nitrogens is 2. The Bertz CT molecular complexity index is 512. The summed E-state index contributed by atoms with van der Waals surface area (Å²) < 4.78 is 4.63. The summed E-state index contributed by atoms with van der Waals surface area (Å²) in [6, 6.07) is 3.37. The molecule has 0 fully saturated rings. The molecule has 0 saturated carbocycles. The summed E-state index contributed by atoms with van der Waals surface area (Å²) in [7, 11) is 0. The molecule has 0 unspecified atom stereocenters. The van der Waals surface area contributed by atoms with Gasteiger partial charge in [0.25, 0.3) is 0 Å². The number of hydrogen-bond acceptors (Lipinski definition) is 6. The van der Waals surface area contributed by atoms with Crippen molar-refractivity contribution >= 4 is 35.1 Å². The largest absolute Gasteiger partial charge is 0.450 e. The predicted molar refractivity (Wildman–Crippen MR) is 78.0 cm³/mol. The number of nitrogens with zero attached hydrogens (tertiary/aromatic N) is 2. The Morgan fingerprint density at radius 2 is 2.10 bits per heavy atom. The molecule has 0 saturated heterocycles. The van der Waals surface area contributed by atoms with Gasteiger partial charge in [-0.15, -0.1) is 0 Å². The van der Waals surface area contributed by atoms with Crippen molar-refractivity contribution in [1.29, 1.82) is 0 Å². The molecule has 0 aliphatic rings. The van der Waals surface area contributed by atoms with Crippen LogP contribution < -0.4 is 16.4 Å². The van der Waals surface area contributed by atoms with Crippen molar-refractivity contribution in [3.8, 4) is 0 Å². The van der Waals surface area contributed by atoms with Crippen molar-refractivity contribution in [2.75, 3.05) is 17.7 Å². The van der Waals surface area contributed by atoms with Crippen molar-refractivity contribution in [2.24, 2.45) is 0 Å². The van der Waals surface area contributed by atoms with E-state index in [9.17, 15) is 4.79 Å². The van der Waals surface area contributed by atoms with Crippen LogP contribution in [0.1, 0.15) is 6.92 Å². The number of carbonyl (C=O) groups excluding carboxylic acids is 1. The van der Waals surface area contributed by atoms with Crippen LogP contribution in [0, 0.1) is 0 Å². The SMILES string of the molecule is CCOC(=O)NC(=S)Nc1ccn[nH]1.Nc1ccn[nH]1. The van der Waals surface area contributed by atoms with E-state index >= 15 is 0 Å². The summed E-state index contributed by atoms with van der Waals surface area (Å²) in [5.41, 5.74) is 5.16. The van der Waals surface area contributed by atoms with Gasteiger partial charge in [-0.2, -0.15) is 10.2 Å². The van der Waals surface area contributed by atoms with E-state index in [1.54, 1.807) is 31.5 Å². The summed E-state index contributed by atoms with van der Waals surface area (Å²) in [4.78, 5) is 10.9. The molecule has 2 rings (SSSR count). The van der Waals surface area contributed by atoms with Gasteiger partial charge in [0.15, 0.2) is 5.11 Å². The highest BCUT2D eigenvalue weighted by molar-refractivity contribution is 7.80. The van der Waals surface area contributed by atoms with E-state index in [1.807, 2.05) is 0 Å². The Labute approximate surface area is 120 Å². The molecular weight excluding hydrogens is 282 g/mol. The number of amides is 1. The number of alkyl carbamates (subject to hydrolysis) is 1. The molecule has 9 nitrogen and oxygen atoms in total.